The fourth-order valence-corrected chi connectivity index (χ4v) is 2.68. The van der Waals surface area contributed by atoms with Gasteiger partial charge < -0.3 is 15.4 Å². The highest BCUT2D eigenvalue weighted by atomic mass is 19.4. The molecular weight excluding hydrogens is 409 g/mol. The van der Waals surface area contributed by atoms with E-state index in [1.807, 2.05) is 0 Å². The van der Waals surface area contributed by atoms with Gasteiger partial charge in [-0.2, -0.15) is 13.2 Å². The van der Waals surface area contributed by atoms with Crippen LogP contribution < -0.4 is 10.6 Å². The molecule has 0 aromatic heterocycles. The number of hydrogen-bond donors (Lipinski definition) is 2. The Morgan fingerprint density at radius 1 is 1.03 bits per heavy atom. The average molecular weight is 435 g/mol. The van der Waals surface area contributed by atoms with Crippen LogP contribution in [0.15, 0.2) is 48.5 Å². The number of benzene rings is 2. The zero-order chi connectivity index (χ0) is 23.2. The predicted octanol–water partition coefficient (Wildman–Crippen LogP) is 4.84. The lowest BCUT2D eigenvalue weighted by Gasteiger charge is -2.21. The van der Waals surface area contributed by atoms with Crippen molar-refractivity contribution in [1.82, 2.24) is 10.6 Å². The van der Waals surface area contributed by atoms with Gasteiger partial charge in [0.2, 0.25) is 5.91 Å². The molecule has 0 aliphatic rings. The van der Waals surface area contributed by atoms with Crippen molar-refractivity contribution >= 4 is 12.0 Å². The standard InChI is InChI=1S/C23H26F3N2O3/c1-15(28-21(30)31-22(2,3)4)20(29)27-14-18-9-5-7-16(12-18)11-17-8-6-10-19(13-17)23(24,25)26/h5-13,15H,14H2,1-4H3,(H,27,29)(H,28,30)/t15-/m0/s1. The summed E-state index contributed by atoms with van der Waals surface area (Å²) in [5.41, 5.74) is 0.503. The van der Waals surface area contributed by atoms with Gasteiger partial charge in [0.25, 0.3) is 0 Å². The van der Waals surface area contributed by atoms with E-state index in [4.69, 9.17) is 4.74 Å². The summed E-state index contributed by atoms with van der Waals surface area (Å²) in [7, 11) is 0. The van der Waals surface area contributed by atoms with E-state index in [0.717, 1.165) is 17.7 Å². The molecule has 1 radical (unpaired) electrons. The van der Waals surface area contributed by atoms with E-state index in [2.05, 4.69) is 10.6 Å². The van der Waals surface area contributed by atoms with E-state index >= 15 is 0 Å². The Balaban J connectivity index is 1.94. The van der Waals surface area contributed by atoms with Crippen LogP contribution >= 0.6 is 0 Å². The van der Waals surface area contributed by atoms with Crippen molar-refractivity contribution in [2.45, 2.75) is 52.1 Å². The summed E-state index contributed by atoms with van der Waals surface area (Å²) >= 11 is 0. The Labute approximate surface area is 180 Å². The van der Waals surface area contributed by atoms with Crippen molar-refractivity contribution in [2.75, 3.05) is 0 Å². The number of halogens is 3. The Hall–Kier alpha value is -3.03. The number of rotatable bonds is 6. The Morgan fingerprint density at radius 2 is 1.65 bits per heavy atom. The minimum Gasteiger partial charge on any atom is -0.444 e. The molecule has 2 aromatic rings. The van der Waals surface area contributed by atoms with Gasteiger partial charge in [-0.05, 0) is 50.5 Å². The third-order valence-electron chi connectivity index (χ3n) is 4.09. The molecule has 31 heavy (non-hydrogen) atoms. The zero-order valence-electron chi connectivity index (χ0n) is 17.8. The molecule has 8 heteroatoms. The molecule has 0 saturated heterocycles. The molecule has 0 aliphatic heterocycles. The summed E-state index contributed by atoms with van der Waals surface area (Å²) in [6.45, 7) is 6.91. The van der Waals surface area contributed by atoms with Crippen molar-refractivity contribution in [3.8, 4) is 0 Å². The average Bonchev–Trinajstić information content (AvgIpc) is 2.64. The van der Waals surface area contributed by atoms with Gasteiger partial charge in [0, 0.05) is 13.0 Å². The number of alkyl halides is 3. The van der Waals surface area contributed by atoms with Crippen LogP contribution in [0.4, 0.5) is 18.0 Å². The van der Waals surface area contributed by atoms with Crippen LogP contribution in [-0.4, -0.2) is 23.6 Å². The molecule has 2 N–H and O–H groups in total. The van der Waals surface area contributed by atoms with Crippen molar-refractivity contribution in [3.63, 3.8) is 0 Å². The minimum atomic E-state index is -4.40. The van der Waals surface area contributed by atoms with Crippen molar-refractivity contribution in [3.05, 3.63) is 77.2 Å². The van der Waals surface area contributed by atoms with E-state index in [0.29, 0.717) is 11.1 Å². The second kappa shape index (κ2) is 9.85. The highest BCUT2D eigenvalue weighted by molar-refractivity contribution is 5.85. The van der Waals surface area contributed by atoms with Gasteiger partial charge in [0.1, 0.15) is 11.6 Å². The SMILES string of the molecule is C[C@H](NC(=O)OC(C)(C)C)C(=O)NCc1cccc([CH]c2cccc(C(F)(F)F)c2)c1. The van der Waals surface area contributed by atoms with Crippen LogP contribution in [0.2, 0.25) is 0 Å². The maximum Gasteiger partial charge on any atom is 0.416 e. The first-order valence-electron chi connectivity index (χ1n) is 9.72. The lowest BCUT2D eigenvalue weighted by Crippen LogP contribution is -2.46. The van der Waals surface area contributed by atoms with Crippen LogP contribution in [0.3, 0.4) is 0 Å². The van der Waals surface area contributed by atoms with E-state index in [1.165, 1.54) is 13.0 Å². The predicted molar refractivity (Wildman–Crippen MR) is 111 cm³/mol. The molecule has 2 amide bonds. The first kappa shape index (κ1) is 24.2. The zero-order valence-corrected chi connectivity index (χ0v) is 17.8. The fourth-order valence-electron chi connectivity index (χ4n) is 2.68. The molecule has 2 aromatic carbocycles. The number of ether oxygens (including phenoxy) is 1. The van der Waals surface area contributed by atoms with Crippen molar-refractivity contribution in [1.29, 1.82) is 0 Å². The lowest BCUT2D eigenvalue weighted by atomic mass is 10.0. The third-order valence-corrected chi connectivity index (χ3v) is 4.09. The van der Waals surface area contributed by atoms with Crippen molar-refractivity contribution < 1.29 is 27.5 Å². The summed E-state index contributed by atoms with van der Waals surface area (Å²) < 4.78 is 43.8. The summed E-state index contributed by atoms with van der Waals surface area (Å²) in [5, 5.41) is 5.18. The first-order valence-corrected chi connectivity index (χ1v) is 9.72. The number of alkyl carbamates (subject to hydrolysis) is 1. The van der Waals surface area contributed by atoms with Crippen LogP contribution in [0.1, 0.15) is 49.9 Å². The molecule has 0 aliphatic carbocycles. The summed E-state index contributed by atoms with van der Waals surface area (Å²) in [4.78, 5) is 24.0. The van der Waals surface area contributed by atoms with Gasteiger partial charge in [0.05, 0.1) is 5.56 Å². The molecule has 0 spiro atoms. The largest absolute Gasteiger partial charge is 0.444 e. The quantitative estimate of drug-likeness (QED) is 0.683. The highest BCUT2D eigenvalue weighted by Gasteiger charge is 2.30. The van der Waals surface area contributed by atoms with Crippen LogP contribution in [0.25, 0.3) is 0 Å². The second-order valence-corrected chi connectivity index (χ2v) is 8.10. The molecule has 1 atom stereocenters. The maximum absolute atomic E-state index is 12.9. The molecule has 0 unspecified atom stereocenters. The summed E-state index contributed by atoms with van der Waals surface area (Å²) in [6, 6.07) is 11.3. The molecule has 0 heterocycles. The van der Waals surface area contributed by atoms with E-state index in [-0.39, 0.29) is 6.54 Å². The number of amides is 2. The smallest absolute Gasteiger partial charge is 0.416 e. The molecule has 0 bridgehead atoms. The Kier molecular flexibility index (Phi) is 7.70. The number of nitrogens with one attached hydrogen (secondary N) is 2. The number of carbonyl (C=O) groups is 2. The van der Waals surface area contributed by atoms with Gasteiger partial charge in [-0.15, -0.1) is 0 Å². The Morgan fingerprint density at radius 3 is 2.26 bits per heavy atom. The van der Waals surface area contributed by atoms with Gasteiger partial charge in [0.15, 0.2) is 0 Å². The molecule has 167 valence electrons. The molecule has 5 nitrogen and oxygen atoms in total. The van der Waals surface area contributed by atoms with Gasteiger partial charge >= 0.3 is 12.3 Å². The minimum absolute atomic E-state index is 0.198. The molecule has 2 rings (SSSR count). The number of carbonyl (C=O) groups excluding carboxylic acids is 2. The van der Waals surface area contributed by atoms with Crippen LogP contribution in [0.5, 0.6) is 0 Å². The topological polar surface area (TPSA) is 67.4 Å². The fraction of sp³-hybridized carbons (Fsp3) is 0.348. The van der Waals surface area contributed by atoms with Gasteiger partial charge in [-0.1, -0.05) is 42.5 Å². The highest BCUT2D eigenvalue weighted by Crippen LogP contribution is 2.30. The Bertz CT molecular complexity index is 921. The van der Waals surface area contributed by atoms with Crippen molar-refractivity contribution in [2.24, 2.45) is 0 Å². The van der Waals surface area contributed by atoms with Crippen LogP contribution in [0, 0.1) is 6.42 Å². The monoisotopic (exact) mass is 435 g/mol. The molecule has 0 saturated carbocycles. The van der Waals surface area contributed by atoms with Crippen LogP contribution in [-0.2, 0) is 22.3 Å². The van der Waals surface area contributed by atoms with E-state index < -0.39 is 35.4 Å². The van der Waals surface area contributed by atoms with E-state index in [1.54, 1.807) is 57.5 Å². The molecular formula is C23H26F3N2O3. The maximum atomic E-state index is 12.9. The second-order valence-electron chi connectivity index (χ2n) is 8.10. The van der Waals surface area contributed by atoms with E-state index in [9.17, 15) is 22.8 Å². The molecule has 0 fully saturated rings. The summed E-state index contributed by atoms with van der Waals surface area (Å²) in [6.07, 6.45) is -3.46. The van der Waals surface area contributed by atoms with Gasteiger partial charge in [-0.3, -0.25) is 4.79 Å². The third kappa shape index (κ3) is 8.32. The lowest BCUT2D eigenvalue weighted by molar-refractivity contribution is -0.137. The van der Waals surface area contributed by atoms with Gasteiger partial charge in [-0.25, -0.2) is 4.79 Å². The normalized spacial score (nSPS) is 12.7. The first-order chi connectivity index (χ1) is 14.3. The summed E-state index contributed by atoms with van der Waals surface area (Å²) in [5.74, 6) is -0.391. The number of hydrogen-bond acceptors (Lipinski definition) is 3.